The van der Waals surface area contributed by atoms with Gasteiger partial charge in [-0.3, -0.25) is 4.90 Å². The fourth-order valence-corrected chi connectivity index (χ4v) is 5.52. The number of rotatable bonds is 6. The number of likely N-dealkylation sites (tertiary alicyclic amines) is 1. The summed E-state index contributed by atoms with van der Waals surface area (Å²) in [6.07, 6.45) is 3.78. The summed E-state index contributed by atoms with van der Waals surface area (Å²) in [7, 11) is -2.04. The highest BCUT2D eigenvalue weighted by molar-refractivity contribution is 6.74. The van der Waals surface area contributed by atoms with Gasteiger partial charge in [0.15, 0.2) is 8.32 Å². The van der Waals surface area contributed by atoms with Crippen molar-refractivity contribution in [2.45, 2.75) is 90.4 Å². The molecule has 1 amide bonds. The van der Waals surface area contributed by atoms with Crippen molar-refractivity contribution >= 4 is 14.4 Å². The van der Waals surface area contributed by atoms with Crippen LogP contribution in [0.2, 0.25) is 18.1 Å². The minimum absolute atomic E-state index is 0.0642. The second-order valence-electron chi connectivity index (χ2n) is 12.2. The van der Waals surface area contributed by atoms with E-state index in [1.54, 1.807) is 11.1 Å². The molecule has 3 aromatic rings. The summed E-state index contributed by atoms with van der Waals surface area (Å²) in [5.41, 5.74) is 0.286. The van der Waals surface area contributed by atoms with Crippen LogP contribution in [0.5, 0.6) is 0 Å². The number of aromatic nitrogens is 4. The first-order valence-electron chi connectivity index (χ1n) is 12.8. The summed E-state index contributed by atoms with van der Waals surface area (Å²) < 4.78 is 20.0. The lowest BCUT2D eigenvalue weighted by molar-refractivity contribution is 0.0201. The minimum Gasteiger partial charge on any atom is -0.444 e. The fourth-order valence-electron chi connectivity index (χ4n) is 4.16. The van der Waals surface area contributed by atoms with Gasteiger partial charge in [-0.05, 0) is 38.9 Å². The molecule has 1 aromatic carbocycles. The lowest BCUT2D eigenvalue weighted by atomic mass is 10.2. The van der Waals surface area contributed by atoms with Crippen LogP contribution in [0.3, 0.4) is 0 Å². The van der Waals surface area contributed by atoms with E-state index in [-0.39, 0.29) is 23.3 Å². The lowest BCUT2D eigenvalue weighted by Gasteiger charge is -2.38. The number of nitrogens with zero attached hydrogens (tertiary/aromatic N) is 5. The van der Waals surface area contributed by atoms with Gasteiger partial charge in [0.25, 0.3) is 0 Å². The molecule has 0 bridgehead atoms. The third-order valence-electron chi connectivity index (χ3n) is 7.01. The average molecular weight is 526 g/mol. The zero-order chi connectivity index (χ0) is 27.0. The number of carbonyl (C=O) groups is 1. The summed E-state index contributed by atoms with van der Waals surface area (Å²) in [6.45, 7) is 17.6. The number of ether oxygens (including phenoxy) is 1. The molecule has 0 saturated carbocycles. The molecule has 0 aliphatic carbocycles. The zero-order valence-corrected chi connectivity index (χ0v) is 24.2. The van der Waals surface area contributed by atoms with Crippen LogP contribution in [0.4, 0.5) is 4.79 Å². The average Bonchev–Trinajstić information content (AvgIpc) is 3.52. The SMILES string of the molecule is CC(C)(C)OC(=O)N1C[C@H](O[Si](C)(C)C(C)(C)C)C[C@H]1c1nccn1Cc1nc(-c2ccccc2)no1. The predicted molar refractivity (Wildman–Crippen MR) is 143 cm³/mol. The van der Waals surface area contributed by atoms with E-state index in [2.05, 4.69) is 49.0 Å². The van der Waals surface area contributed by atoms with Crippen molar-refractivity contribution in [3.63, 3.8) is 0 Å². The first kappa shape index (κ1) is 27.1. The van der Waals surface area contributed by atoms with Gasteiger partial charge < -0.3 is 18.3 Å². The largest absolute Gasteiger partial charge is 0.444 e. The Hall–Kier alpha value is -2.98. The second kappa shape index (κ2) is 10.1. The smallest absolute Gasteiger partial charge is 0.411 e. The molecule has 0 spiro atoms. The van der Waals surface area contributed by atoms with Crippen LogP contribution in [0.15, 0.2) is 47.2 Å². The third kappa shape index (κ3) is 6.30. The summed E-state index contributed by atoms with van der Waals surface area (Å²) in [5, 5.41) is 4.20. The van der Waals surface area contributed by atoms with Crippen molar-refractivity contribution in [3.05, 3.63) is 54.4 Å². The first-order valence-corrected chi connectivity index (χ1v) is 15.7. The Kier molecular flexibility index (Phi) is 7.35. The van der Waals surface area contributed by atoms with Crippen LogP contribution < -0.4 is 0 Å². The summed E-state index contributed by atoms with van der Waals surface area (Å²) >= 11 is 0. The molecule has 200 valence electrons. The van der Waals surface area contributed by atoms with E-state index in [1.165, 1.54) is 0 Å². The van der Waals surface area contributed by atoms with Crippen LogP contribution in [0.1, 0.15) is 65.7 Å². The molecule has 0 radical (unpaired) electrons. The van der Waals surface area contributed by atoms with Gasteiger partial charge in [0.05, 0.1) is 12.1 Å². The molecule has 10 heteroatoms. The van der Waals surface area contributed by atoms with Gasteiger partial charge in [-0.25, -0.2) is 9.78 Å². The van der Waals surface area contributed by atoms with Gasteiger partial charge in [-0.1, -0.05) is 56.3 Å². The predicted octanol–water partition coefficient (Wildman–Crippen LogP) is 6.05. The third-order valence-corrected chi connectivity index (χ3v) is 11.5. The molecule has 37 heavy (non-hydrogen) atoms. The molecule has 9 nitrogen and oxygen atoms in total. The summed E-state index contributed by atoms with van der Waals surface area (Å²) in [4.78, 5) is 24.3. The van der Waals surface area contributed by atoms with Gasteiger partial charge in [0.2, 0.25) is 11.7 Å². The Morgan fingerprint density at radius 3 is 2.49 bits per heavy atom. The fraction of sp³-hybridized carbons (Fsp3) is 0.556. The van der Waals surface area contributed by atoms with Crippen LogP contribution in [-0.2, 0) is 15.7 Å². The van der Waals surface area contributed by atoms with Crippen LogP contribution in [0.25, 0.3) is 11.4 Å². The monoisotopic (exact) mass is 525 g/mol. The number of benzene rings is 1. The lowest BCUT2D eigenvalue weighted by Crippen LogP contribution is -2.45. The number of carbonyl (C=O) groups excluding carboxylic acids is 1. The van der Waals surface area contributed by atoms with E-state index in [4.69, 9.17) is 13.7 Å². The number of amides is 1. The van der Waals surface area contributed by atoms with Gasteiger partial charge in [-0.15, -0.1) is 0 Å². The second-order valence-corrected chi connectivity index (χ2v) is 16.9. The van der Waals surface area contributed by atoms with E-state index < -0.39 is 13.9 Å². The van der Waals surface area contributed by atoms with Crippen molar-refractivity contribution in [1.29, 1.82) is 0 Å². The van der Waals surface area contributed by atoms with Crippen molar-refractivity contribution < 1.29 is 18.5 Å². The van der Waals surface area contributed by atoms with Crippen LogP contribution in [-0.4, -0.2) is 57.3 Å². The maximum atomic E-state index is 13.3. The zero-order valence-electron chi connectivity index (χ0n) is 23.2. The molecular formula is C27H39N5O4Si. The highest BCUT2D eigenvalue weighted by Crippen LogP contribution is 2.41. The van der Waals surface area contributed by atoms with Crippen molar-refractivity contribution in [2.24, 2.45) is 0 Å². The molecular weight excluding hydrogens is 486 g/mol. The van der Waals surface area contributed by atoms with Gasteiger partial charge in [0.1, 0.15) is 18.0 Å². The Morgan fingerprint density at radius 2 is 1.84 bits per heavy atom. The molecule has 0 unspecified atom stereocenters. The van der Waals surface area contributed by atoms with Crippen molar-refractivity contribution in [3.8, 4) is 11.4 Å². The van der Waals surface area contributed by atoms with Crippen molar-refractivity contribution in [1.82, 2.24) is 24.6 Å². The van der Waals surface area contributed by atoms with Crippen molar-refractivity contribution in [2.75, 3.05) is 6.54 Å². The molecule has 1 fully saturated rings. The molecule has 1 aliphatic rings. The Bertz CT molecular complexity index is 1210. The number of hydrogen-bond acceptors (Lipinski definition) is 7. The minimum atomic E-state index is -2.04. The normalized spacial score (nSPS) is 18.9. The standard InChI is InChI=1S/C27H39N5O4Si/c1-26(2,3)34-25(33)32-17-20(36-37(7,8)27(4,5)6)16-21(32)24-28-14-15-31(24)18-22-29-23(30-35-22)19-12-10-9-11-13-19/h9-15,20-21H,16-18H2,1-8H3/t20-,21+/m1/s1. The van der Waals surface area contributed by atoms with Crippen LogP contribution in [0, 0.1) is 0 Å². The maximum absolute atomic E-state index is 13.3. The van der Waals surface area contributed by atoms with E-state index >= 15 is 0 Å². The van der Waals surface area contributed by atoms with E-state index in [0.717, 1.165) is 11.4 Å². The molecule has 3 heterocycles. The molecule has 4 rings (SSSR count). The molecule has 2 aromatic heterocycles. The first-order chi connectivity index (χ1) is 17.2. The maximum Gasteiger partial charge on any atom is 0.411 e. The van der Waals surface area contributed by atoms with Gasteiger partial charge in [0, 0.05) is 30.9 Å². The summed E-state index contributed by atoms with van der Waals surface area (Å²) in [5.74, 6) is 1.75. The number of hydrogen-bond donors (Lipinski definition) is 0. The van der Waals surface area contributed by atoms with Gasteiger partial charge >= 0.3 is 6.09 Å². The molecule has 0 N–H and O–H groups in total. The Morgan fingerprint density at radius 1 is 1.14 bits per heavy atom. The van der Waals surface area contributed by atoms with E-state index in [1.807, 2.05) is 61.9 Å². The highest BCUT2D eigenvalue weighted by atomic mass is 28.4. The topological polar surface area (TPSA) is 95.5 Å². The number of imidazole rings is 1. The summed E-state index contributed by atoms with van der Waals surface area (Å²) in [6, 6.07) is 9.41. The molecule has 1 aliphatic heterocycles. The van der Waals surface area contributed by atoms with E-state index in [0.29, 0.717) is 31.2 Å². The van der Waals surface area contributed by atoms with Crippen LogP contribution >= 0.6 is 0 Å². The molecule has 2 atom stereocenters. The highest BCUT2D eigenvalue weighted by Gasteiger charge is 2.46. The van der Waals surface area contributed by atoms with E-state index in [9.17, 15) is 4.79 Å². The Labute approximate surface area is 220 Å². The Balaban J connectivity index is 1.58. The quantitative estimate of drug-likeness (QED) is 0.361. The molecule has 1 saturated heterocycles. The van der Waals surface area contributed by atoms with Gasteiger partial charge in [-0.2, -0.15) is 4.98 Å².